The zero-order valence-electron chi connectivity index (χ0n) is 12.3. The number of hydrogen-bond acceptors (Lipinski definition) is 7. The van der Waals surface area contributed by atoms with Gasteiger partial charge in [-0.15, -0.1) is 11.3 Å². The molecule has 0 saturated carbocycles. The van der Waals surface area contributed by atoms with Crippen molar-refractivity contribution in [2.75, 3.05) is 17.7 Å². The quantitative estimate of drug-likeness (QED) is 0.585. The molecule has 0 saturated heterocycles. The van der Waals surface area contributed by atoms with Gasteiger partial charge in [-0.2, -0.15) is 0 Å². The minimum atomic E-state index is -0.147. The highest BCUT2D eigenvalue weighted by molar-refractivity contribution is 7.29. The van der Waals surface area contributed by atoms with E-state index in [9.17, 15) is 4.79 Å². The van der Waals surface area contributed by atoms with Gasteiger partial charge in [-0.3, -0.25) is 4.79 Å². The Labute approximate surface area is 139 Å². The minimum Gasteiger partial charge on any atom is -0.441 e. The number of nitrogens with one attached hydrogen (secondary N) is 2. The number of aryl methyl sites for hydroxylation is 1. The smallest absolute Gasteiger partial charge is 0.265 e. The van der Waals surface area contributed by atoms with Crippen molar-refractivity contribution < 1.29 is 9.21 Å². The fraction of sp³-hybridized carbons (Fsp3) is 0.133. The molecular weight excluding hydrogens is 332 g/mol. The number of benzene rings is 1. The second-order valence-corrected chi connectivity index (χ2v) is 6.98. The summed E-state index contributed by atoms with van der Waals surface area (Å²) in [4.78, 5) is 22.6. The first kappa shape index (κ1) is 14.2. The van der Waals surface area contributed by atoms with E-state index in [4.69, 9.17) is 4.42 Å². The molecule has 0 aliphatic heterocycles. The van der Waals surface area contributed by atoms with Gasteiger partial charge in [0.15, 0.2) is 16.6 Å². The lowest BCUT2D eigenvalue weighted by Gasteiger charge is -2.02. The summed E-state index contributed by atoms with van der Waals surface area (Å²) in [7, 11) is 1.83. The Kier molecular flexibility index (Phi) is 3.28. The summed E-state index contributed by atoms with van der Waals surface area (Å²) in [6.07, 6.45) is 0. The van der Waals surface area contributed by atoms with Crippen molar-refractivity contribution in [3.8, 4) is 0 Å². The molecule has 4 rings (SSSR count). The zero-order chi connectivity index (χ0) is 16.0. The van der Waals surface area contributed by atoms with E-state index in [0.29, 0.717) is 22.0 Å². The van der Waals surface area contributed by atoms with E-state index in [1.807, 2.05) is 13.1 Å². The van der Waals surface area contributed by atoms with Crippen molar-refractivity contribution >= 4 is 60.0 Å². The van der Waals surface area contributed by atoms with E-state index in [1.165, 1.54) is 22.7 Å². The second-order valence-electron chi connectivity index (χ2n) is 4.92. The number of nitrogens with zero attached hydrogens (tertiary/aromatic N) is 2. The molecule has 6 nitrogen and oxygen atoms in total. The Hall–Kier alpha value is -2.45. The van der Waals surface area contributed by atoms with Crippen molar-refractivity contribution in [1.82, 2.24) is 9.97 Å². The van der Waals surface area contributed by atoms with E-state index in [-0.39, 0.29) is 5.91 Å². The molecule has 4 aromatic rings. The molecule has 3 heterocycles. The molecule has 0 aliphatic rings. The topological polar surface area (TPSA) is 80.0 Å². The SMILES string of the molecule is CNc1nc2sc(C(=O)Nc3ccc4oc(C)nc4c3)cc2s1. The number of carbonyl (C=O) groups excluding carboxylic acids is 1. The summed E-state index contributed by atoms with van der Waals surface area (Å²) in [5.74, 6) is 0.458. The molecule has 0 radical (unpaired) electrons. The normalized spacial score (nSPS) is 11.2. The maximum atomic E-state index is 12.4. The molecular formula is C15H12N4O2S2. The summed E-state index contributed by atoms with van der Waals surface area (Å²) < 4.78 is 6.44. The molecule has 0 aliphatic carbocycles. The summed E-state index contributed by atoms with van der Waals surface area (Å²) >= 11 is 2.91. The number of rotatable bonds is 3. The number of amides is 1. The largest absolute Gasteiger partial charge is 0.441 e. The fourth-order valence-electron chi connectivity index (χ4n) is 2.27. The first-order chi connectivity index (χ1) is 11.1. The molecule has 23 heavy (non-hydrogen) atoms. The highest BCUT2D eigenvalue weighted by Crippen LogP contribution is 2.33. The van der Waals surface area contributed by atoms with Crippen LogP contribution in [-0.2, 0) is 0 Å². The Morgan fingerprint density at radius 2 is 2.09 bits per heavy atom. The third kappa shape index (κ3) is 2.55. The highest BCUT2D eigenvalue weighted by atomic mass is 32.1. The molecule has 8 heteroatoms. The van der Waals surface area contributed by atoms with Crippen molar-refractivity contribution in [2.45, 2.75) is 6.92 Å². The Bertz CT molecular complexity index is 999. The predicted molar refractivity (Wildman–Crippen MR) is 93.7 cm³/mol. The van der Waals surface area contributed by atoms with Gasteiger partial charge in [0.2, 0.25) is 0 Å². The summed E-state index contributed by atoms with van der Waals surface area (Å²) in [5, 5.41) is 6.75. The Morgan fingerprint density at radius 3 is 2.87 bits per heavy atom. The van der Waals surface area contributed by atoms with Gasteiger partial charge in [-0.25, -0.2) is 9.97 Å². The Morgan fingerprint density at radius 1 is 1.22 bits per heavy atom. The summed E-state index contributed by atoms with van der Waals surface area (Å²) in [6, 6.07) is 7.28. The van der Waals surface area contributed by atoms with E-state index < -0.39 is 0 Å². The minimum absolute atomic E-state index is 0.147. The number of thiazole rings is 1. The number of oxazole rings is 1. The number of hydrogen-bond donors (Lipinski definition) is 2. The van der Waals surface area contributed by atoms with Crippen LogP contribution in [0.3, 0.4) is 0 Å². The first-order valence-electron chi connectivity index (χ1n) is 6.89. The highest BCUT2D eigenvalue weighted by Gasteiger charge is 2.14. The molecule has 1 amide bonds. The van der Waals surface area contributed by atoms with Crippen molar-refractivity contribution in [3.05, 3.63) is 35.0 Å². The third-order valence-electron chi connectivity index (χ3n) is 3.28. The molecule has 116 valence electrons. The third-order valence-corrected chi connectivity index (χ3v) is 5.46. The van der Waals surface area contributed by atoms with Crippen LogP contribution in [0.15, 0.2) is 28.7 Å². The van der Waals surface area contributed by atoms with Gasteiger partial charge in [-0.1, -0.05) is 11.3 Å². The monoisotopic (exact) mass is 344 g/mol. The van der Waals surface area contributed by atoms with Crippen LogP contribution < -0.4 is 10.6 Å². The van der Waals surface area contributed by atoms with Crippen LogP contribution >= 0.6 is 22.7 Å². The molecule has 0 bridgehead atoms. The Balaban J connectivity index is 1.60. The molecule has 1 aromatic carbocycles. The average Bonchev–Trinajstić information content (AvgIpc) is 3.17. The van der Waals surface area contributed by atoms with Gasteiger partial charge in [0.1, 0.15) is 10.3 Å². The second kappa shape index (κ2) is 5.32. The van der Waals surface area contributed by atoms with Gasteiger partial charge in [-0.05, 0) is 24.3 Å². The number of fused-ring (bicyclic) bond motifs is 2. The number of carbonyl (C=O) groups is 1. The van der Waals surface area contributed by atoms with Crippen LogP contribution in [0, 0.1) is 6.92 Å². The average molecular weight is 344 g/mol. The van der Waals surface area contributed by atoms with Gasteiger partial charge in [0, 0.05) is 19.7 Å². The van der Waals surface area contributed by atoms with Crippen molar-refractivity contribution in [2.24, 2.45) is 0 Å². The maximum absolute atomic E-state index is 12.4. The van der Waals surface area contributed by atoms with Crippen LogP contribution in [0.1, 0.15) is 15.6 Å². The van der Waals surface area contributed by atoms with Crippen molar-refractivity contribution in [3.63, 3.8) is 0 Å². The fourth-order valence-corrected chi connectivity index (χ4v) is 4.23. The molecule has 0 fully saturated rings. The maximum Gasteiger partial charge on any atom is 0.265 e. The van der Waals surface area contributed by atoms with Crippen molar-refractivity contribution in [1.29, 1.82) is 0 Å². The van der Waals surface area contributed by atoms with Crippen LogP contribution in [0.25, 0.3) is 20.6 Å². The van der Waals surface area contributed by atoms with E-state index in [1.54, 1.807) is 25.1 Å². The van der Waals surface area contributed by atoms with E-state index in [2.05, 4.69) is 20.6 Å². The number of thiophene rings is 1. The number of aromatic nitrogens is 2. The predicted octanol–water partition coefficient (Wildman–Crippen LogP) is 4.10. The molecule has 0 spiro atoms. The summed E-state index contributed by atoms with van der Waals surface area (Å²) in [5.41, 5.74) is 2.13. The molecule has 0 atom stereocenters. The molecule has 0 unspecified atom stereocenters. The molecule has 3 aromatic heterocycles. The summed E-state index contributed by atoms with van der Waals surface area (Å²) in [6.45, 7) is 1.79. The van der Waals surface area contributed by atoms with Gasteiger partial charge in [0.25, 0.3) is 5.91 Å². The number of anilines is 2. The standard InChI is InChI=1S/C15H12N4O2S2/c1-7-17-9-5-8(3-4-10(9)21-7)18-13(20)11-6-12-14(22-11)19-15(16-2)23-12/h3-6H,1-2H3,(H,16,19)(H,18,20). The lowest BCUT2D eigenvalue weighted by molar-refractivity contribution is 0.103. The van der Waals surface area contributed by atoms with E-state index in [0.717, 1.165) is 20.2 Å². The van der Waals surface area contributed by atoms with Gasteiger partial charge < -0.3 is 15.1 Å². The van der Waals surface area contributed by atoms with Gasteiger partial charge in [0.05, 0.1) is 9.58 Å². The lowest BCUT2D eigenvalue weighted by atomic mass is 10.3. The lowest BCUT2D eigenvalue weighted by Crippen LogP contribution is -2.09. The molecule has 2 N–H and O–H groups in total. The van der Waals surface area contributed by atoms with Crippen LogP contribution in [0.5, 0.6) is 0 Å². The van der Waals surface area contributed by atoms with Crippen LogP contribution in [-0.4, -0.2) is 22.9 Å². The van der Waals surface area contributed by atoms with Gasteiger partial charge >= 0.3 is 0 Å². The van der Waals surface area contributed by atoms with Crippen LogP contribution in [0.2, 0.25) is 0 Å². The zero-order valence-corrected chi connectivity index (χ0v) is 14.0. The van der Waals surface area contributed by atoms with E-state index >= 15 is 0 Å². The first-order valence-corrected chi connectivity index (χ1v) is 8.52. The van der Waals surface area contributed by atoms with Crippen LogP contribution in [0.4, 0.5) is 10.8 Å².